The summed E-state index contributed by atoms with van der Waals surface area (Å²) in [4.78, 5) is 54.1. The molecular formula is C96H102F10N32O9S3. The minimum Gasteiger partial charge on any atom is -0.373 e. The summed E-state index contributed by atoms with van der Waals surface area (Å²) in [6.07, 6.45) is 15.9. The average molecular weight is 2130 g/mol. The Morgan fingerprint density at radius 2 is 0.693 bits per heavy atom. The number of rotatable bonds is 26. The molecule has 5 saturated heterocycles. The third-order valence-corrected chi connectivity index (χ3v) is 27.9. The first-order valence-electron chi connectivity index (χ1n) is 47.4. The molecule has 22 heterocycles. The average Bonchev–Trinajstić information content (AvgIpc) is 1.62. The zero-order valence-corrected chi connectivity index (χ0v) is 83.5. The van der Waals surface area contributed by atoms with Crippen molar-refractivity contribution < 1.29 is 83.9 Å². The molecule has 0 saturated carbocycles. The van der Waals surface area contributed by atoms with Crippen LogP contribution in [0.25, 0.3) is 84.7 Å². The Morgan fingerprint density at radius 3 is 1.03 bits per heavy atom. The SMILES string of the molecule is CC(NS(C)(=O)=O)C1CN(c2cc(-c3cnc4ccc(C(F)F)nn34)ccn2)CCO1.CC(NS(C)(=O)=O)C1CN(c2ccnc(-c3cnc4ccc(C(F)F)nn34)c2)CCO1.CS(=N)(=O)CCC1CCCN(c2cc(-c3cnc4ccc(C(F)F)nn34)ccn2)C1.FC(F)c1ccc2ncc(-c3ccnc(N4CCOC(c5cn[nH]c5)C4)c3)n2n1.FC(F)c1ccc2ncc(-c3ccnc(N4CCOC(c5cn[nH]c5)C4)c3)n2n1. The normalized spacial score (nSPS) is 18.3. The Labute approximate surface area is 851 Å². The molecule has 5 aliphatic rings. The zero-order chi connectivity index (χ0) is 105. The summed E-state index contributed by atoms with van der Waals surface area (Å²) in [5.74, 6) is 3.82. The van der Waals surface area contributed by atoms with E-state index in [1.807, 2.05) is 71.9 Å². The summed E-state index contributed by atoms with van der Waals surface area (Å²) in [6, 6.07) is 31.6. The Hall–Kier alpha value is -14.8. The molecule has 150 heavy (non-hydrogen) atoms. The number of hydrogen-bond donors (Lipinski definition) is 5. The second-order valence-corrected chi connectivity index (χ2v) is 42.0. The third kappa shape index (κ3) is 25.7. The highest BCUT2D eigenvalue weighted by Gasteiger charge is 2.34. The number of hydrogen-bond acceptors (Lipinski definition) is 32. The summed E-state index contributed by atoms with van der Waals surface area (Å²) in [5.41, 5.74) is 10.3. The van der Waals surface area contributed by atoms with Gasteiger partial charge in [0.1, 0.15) is 69.6 Å². The van der Waals surface area contributed by atoms with E-state index in [0.29, 0.717) is 159 Å². The van der Waals surface area contributed by atoms with Gasteiger partial charge in [0.25, 0.3) is 32.1 Å². The number of anilines is 5. The Bertz CT molecular complexity index is 7530. The van der Waals surface area contributed by atoms with Crippen molar-refractivity contribution in [3.8, 4) is 56.4 Å². The van der Waals surface area contributed by atoms with Crippen molar-refractivity contribution in [2.75, 3.05) is 141 Å². The highest BCUT2D eigenvalue weighted by Crippen LogP contribution is 2.37. The number of aromatic amines is 2. The summed E-state index contributed by atoms with van der Waals surface area (Å²) in [6.45, 7) is 12.0. The van der Waals surface area contributed by atoms with Crippen molar-refractivity contribution >= 4 is 87.0 Å². The highest BCUT2D eigenvalue weighted by molar-refractivity contribution is 7.91. The van der Waals surface area contributed by atoms with Crippen molar-refractivity contribution in [3.05, 3.63) is 248 Å². The molecule has 0 aliphatic carbocycles. The maximum atomic E-state index is 13.1. The van der Waals surface area contributed by atoms with Crippen LogP contribution in [0.2, 0.25) is 0 Å². The van der Waals surface area contributed by atoms with E-state index in [9.17, 15) is 64.9 Å². The number of pyridine rings is 5. The first-order chi connectivity index (χ1) is 72.1. The molecule has 0 aromatic carbocycles. The van der Waals surface area contributed by atoms with Crippen LogP contribution < -0.4 is 33.9 Å². The number of ether oxygens (including phenoxy) is 4. The summed E-state index contributed by atoms with van der Waals surface area (Å²) in [5, 5.41) is 33.7. The largest absolute Gasteiger partial charge is 0.373 e. The monoisotopic (exact) mass is 2130 g/mol. The molecule has 5 aliphatic heterocycles. The smallest absolute Gasteiger partial charge is 0.282 e. The fraction of sp³-hybridized carbons (Fsp3) is 0.365. The molecule has 0 bridgehead atoms. The van der Waals surface area contributed by atoms with Crippen LogP contribution in [0.4, 0.5) is 72.9 Å². The molecule has 41 nitrogen and oxygen atoms in total. The molecule has 788 valence electrons. The predicted molar refractivity (Wildman–Crippen MR) is 535 cm³/mol. The van der Waals surface area contributed by atoms with Gasteiger partial charge in [-0.25, -0.2) is 138 Å². The molecule has 5 fully saturated rings. The van der Waals surface area contributed by atoms with Gasteiger partial charge in [-0.1, -0.05) is 0 Å². The number of nitrogens with zero attached hydrogens (tertiary/aromatic N) is 27. The predicted octanol–water partition coefficient (Wildman–Crippen LogP) is 13.8. The minimum absolute atomic E-state index is 0.0981. The van der Waals surface area contributed by atoms with Gasteiger partial charge in [0.2, 0.25) is 20.0 Å². The zero-order valence-electron chi connectivity index (χ0n) is 81.0. The van der Waals surface area contributed by atoms with E-state index < -0.39 is 74.0 Å². The number of morpholine rings is 4. The Morgan fingerprint density at radius 1 is 0.373 bits per heavy atom. The molecule has 0 radical (unpaired) electrons. The highest BCUT2D eigenvalue weighted by atomic mass is 32.2. The lowest BCUT2D eigenvalue weighted by atomic mass is 9.95. The summed E-state index contributed by atoms with van der Waals surface area (Å²) < 4.78 is 232. The van der Waals surface area contributed by atoms with Crippen LogP contribution in [-0.4, -0.2) is 280 Å². The van der Waals surface area contributed by atoms with Crippen LogP contribution in [-0.2, 0) is 48.7 Å². The molecule has 8 atom stereocenters. The molecule has 17 aromatic heterocycles. The van der Waals surface area contributed by atoms with Gasteiger partial charge in [0, 0.05) is 182 Å². The second kappa shape index (κ2) is 46.1. The van der Waals surface area contributed by atoms with Gasteiger partial charge in [0.05, 0.1) is 123 Å². The number of nitrogens with one attached hydrogen (secondary N) is 5. The van der Waals surface area contributed by atoms with Crippen LogP contribution >= 0.6 is 0 Å². The number of alkyl halides is 10. The lowest BCUT2D eigenvalue weighted by molar-refractivity contribution is 0.0239. The number of fused-ring (bicyclic) bond motifs is 5. The number of aromatic nitrogens is 24. The Balaban J connectivity index is 0.000000122. The van der Waals surface area contributed by atoms with Gasteiger partial charge in [-0.2, -0.15) is 35.7 Å². The lowest BCUT2D eigenvalue weighted by Gasteiger charge is -2.37. The molecule has 5 N–H and O–H groups in total. The molecule has 22 rings (SSSR count). The maximum Gasteiger partial charge on any atom is 0.282 e. The van der Waals surface area contributed by atoms with E-state index in [4.69, 9.17) is 23.7 Å². The van der Waals surface area contributed by atoms with Gasteiger partial charge >= 0.3 is 0 Å². The molecular weight excluding hydrogens is 2030 g/mol. The molecule has 54 heteroatoms. The van der Waals surface area contributed by atoms with E-state index in [1.165, 1.54) is 89.5 Å². The van der Waals surface area contributed by atoms with E-state index in [2.05, 4.69) is 125 Å². The minimum atomic E-state index is -3.36. The van der Waals surface area contributed by atoms with Crippen LogP contribution in [0.1, 0.15) is 117 Å². The maximum absolute atomic E-state index is 13.1. The topological polar surface area (TPSA) is 459 Å². The van der Waals surface area contributed by atoms with E-state index in [-0.39, 0.29) is 52.9 Å². The number of H-pyrrole nitrogens is 2. The van der Waals surface area contributed by atoms with Gasteiger partial charge in [-0.05, 0) is 160 Å². The number of imidazole rings is 5. The van der Waals surface area contributed by atoms with Crippen molar-refractivity contribution in [3.63, 3.8) is 0 Å². The van der Waals surface area contributed by atoms with Crippen LogP contribution in [0.5, 0.6) is 0 Å². The van der Waals surface area contributed by atoms with Crippen LogP contribution in [0.15, 0.2) is 208 Å². The summed E-state index contributed by atoms with van der Waals surface area (Å²) in [7, 11) is -9.18. The third-order valence-electron chi connectivity index (χ3n) is 25.3. The van der Waals surface area contributed by atoms with Crippen molar-refractivity contribution in [1.82, 2.24) is 128 Å². The molecule has 0 amide bonds. The lowest BCUT2D eigenvalue weighted by Crippen LogP contribution is -2.52. The fourth-order valence-corrected chi connectivity index (χ4v) is 20.3. The second-order valence-electron chi connectivity index (χ2n) is 36.1. The molecule has 17 aromatic rings. The van der Waals surface area contributed by atoms with Crippen LogP contribution in [0, 0.1) is 10.7 Å². The van der Waals surface area contributed by atoms with Gasteiger partial charge in [-0.15, -0.1) is 0 Å². The van der Waals surface area contributed by atoms with Crippen molar-refractivity contribution in [1.29, 1.82) is 4.78 Å². The quantitative estimate of drug-likeness (QED) is 0.0314. The van der Waals surface area contributed by atoms with E-state index >= 15 is 0 Å². The van der Waals surface area contributed by atoms with Crippen molar-refractivity contribution in [2.24, 2.45) is 5.92 Å². The molecule has 8 unspecified atom stereocenters. The first-order valence-corrected chi connectivity index (χ1v) is 53.3. The number of sulfonamides is 2. The first kappa shape index (κ1) is 105. The van der Waals surface area contributed by atoms with Gasteiger partial charge in [-0.3, -0.25) is 24.2 Å². The van der Waals surface area contributed by atoms with Crippen molar-refractivity contribution in [2.45, 2.75) is 102 Å². The van der Waals surface area contributed by atoms with Gasteiger partial charge in [0.15, 0.2) is 28.2 Å². The fourth-order valence-electron chi connectivity index (χ4n) is 17.9. The Kier molecular flexibility index (Phi) is 32.3. The van der Waals surface area contributed by atoms with Gasteiger partial charge < -0.3 is 43.4 Å². The van der Waals surface area contributed by atoms with Crippen LogP contribution in [0.3, 0.4) is 0 Å². The number of halogens is 10. The van der Waals surface area contributed by atoms with E-state index in [0.717, 1.165) is 101 Å². The molecule has 0 spiro atoms. The summed E-state index contributed by atoms with van der Waals surface area (Å²) >= 11 is 0. The standard InChI is InChI=1S/C20H24F2N6OS.2C19H17F2N7O.2C19H22F2N6O3S/c1-30(23,29)10-7-14-3-2-9-27(13-14)19-11-15(6-8-24-19)17-12-25-18-5-4-16(20(21)22)26-28(17)18;2*20-19(21)14-1-2-17-23-10-15(28(17)26-14)12-3-4-22-18(7-12)27-5-6-29-16(11-27)13-8-24-25-9-13;1-12(25-31(2,28)29)16-11-26(7-8-30-16)18-9-13(5-6-22-18)15-10-23-17-4-3-14(19(20)21)24-27(15)17;1-12(25-31(2,28)29)17-11-26(7-8-30-17)13-5-6-22-15(9-13)16-10-23-18-4-3-14(19(20)21)24-27(16)18/h4-6,8,11-12,14,20,23H,2-3,7,9-10,13H2,1H3;2*1-4,7-10,16,19H,5-6,11H2,(H,24,25);3-6,9-10,12,16,19,25H,7-8,11H2,1-2H3;3-6,9-10,12,17,19,25H,7-8,11H2,1-2H3. The van der Waals surface area contributed by atoms with E-state index in [1.54, 1.807) is 94.3 Å². The number of piperidine rings is 1.